The quantitative estimate of drug-likeness (QED) is 0.319. The van der Waals surface area contributed by atoms with Gasteiger partial charge in [-0.05, 0) is 24.5 Å². The first-order valence-electron chi connectivity index (χ1n) is 8.39. The fourth-order valence-electron chi connectivity index (χ4n) is 3.07. The summed E-state index contributed by atoms with van der Waals surface area (Å²) in [7, 11) is 0. The molecule has 6 nitrogen and oxygen atoms in total. The van der Waals surface area contributed by atoms with Gasteiger partial charge in [-0.2, -0.15) is 0 Å². The number of hydrogen-bond acceptors (Lipinski definition) is 5. The molecule has 1 aromatic heterocycles. The number of hydrogen-bond donors (Lipinski definition) is 0. The molecule has 7 heteroatoms. The van der Waals surface area contributed by atoms with Gasteiger partial charge < -0.3 is 4.52 Å². The highest BCUT2D eigenvalue weighted by atomic mass is 35.5. The lowest BCUT2D eigenvalue weighted by atomic mass is 9.88. The second-order valence-electron chi connectivity index (χ2n) is 6.21. The molecular formula is C20H17ClN2O4. The molecule has 0 spiro atoms. The van der Waals surface area contributed by atoms with E-state index < -0.39 is 4.92 Å². The summed E-state index contributed by atoms with van der Waals surface area (Å²) in [5.74, 6) is -0.305. The van der Waals surface area contributed by atoms with Crippen molar-refractivity contribution in [3.8, 4) is 0 Å². The number of Topliss-reactive ketones (excluding diaryl/α,β-unsaturated/α-hetero) is 1. The average molecular weight is 385 g/mol. The molecule has 2 aromatic carbocycles. The number of carbonyl (C=O) groups is 1. The second-order valence-corrected chi connectivity index (χ2v) is 6.62. The smallest absolute Gasteiger partial charge is 0.334 e. The first-order valence-corrected chi connectivity index (χ1v) is 8.77. The largest absolute Gasteiger partial charge is 0.354 e. The number of halogens is 1. The number of nitrogens with zero attached hydrogens (tertiary/aromatic N) is 2. The molecule has 3 aromatic rings. The predicted octanol–water partition coefficient (Wildman–Crippen LogP) is 5.14. The van der Waals surface area contributed by atoms with Crippen molar-refractivity contribution in [2.75, 3.05) is 0 Å². The Kier molecular flexibility index (Phi) is 5.66. The lowest BCUT2D eigenvalue weighted by molar-refractivity contribution is -0.386. The zero-order valence-corrected chi connectivity index (χ0v) is 15.3. The van der Waals surface area contributed by atoms with E-state index >= 15 is 0 Å². The Morgan fingerprint density at radius 1 is 1.19 bits per heavy atom. The minimum atomic E-state index is -0.510. The molecule has 0 aliphatic heterocycles. The van der Waals surface area contributed by atoms with Crippen molar-refractivity contribution in [3.05, 3.63) is 92.3 Å². The molecule has 0 fully saturated rings. The maximum Gasteiger partial charge on any atom is 0.334 e. The number of aryl methyl sites for hydroxylation is 1. The molecule has 1 heterocycles. The molecule has 0 saturated heterocycles. The molecule has 3 rings (SSSR count). The van der Waals surface area contributed by atoms with Gasteiger partial charge in [0.1, 0.15) is 0 Å². The first-order chi connectivity index (χ1) is 13.0. The summed E-state index contributed by atoms with van der Waals surface area (Å²) in [4.78, 5) is 23.6. The van der Waals surface area contributed by atoms with E-state index in [0.717, 1.165) is 5.56 Å². The van der Waals surface area contributed by atoms with Gasteiger partial charge in [-0.1, -0.05) is 65.3 Å². The standard InChI is InChI=1S/C20H17ClN2O4/c1-13-20(23(25)26)19(27-22-13)12-15(16-9-5-6-10-17(16)21)11-18(24)14-7-3-2-4-8-14/h2-10,15H,11-12H2,1H3/t15-/m1/s1. The zero-order chi connectivity index (χ0) is 19.4. The van der Waals surface area contributed by atoms with Crippen LogP contribution in [0, 0.1) is 17.0 Å². The highest BCUT2D eigenvalue weighted by molar-refractivity contribution is 6.31. The summed E-state index contributed by atoms with van der Waals surface area (Å²) in [6.45, 7) is 1.52. The van der Waals surface area contributed by atoms with E-state index in [0.29, 0.717) is 10.6 Å². The normalized spacial score (nSPS) is 11.9. The molecular weight excluding hydrogens is 368 g/mol. The Hall–Kier alpha value is -2.99. The Bertz CT molecular complexity index is 969. The van der Waals surface area contributed by atoms with Crippen molar-refractivity contribution in [1.82, 2.24) is 5.16 Å². The number of nitro groups is 1. The maximum absolute atomic E-state index is 12.7. The van der Waals surface area contributed by atoms with Gasteiger partial charge in [0.25, 0.3) is 0 Å². The van der Waals surface area contributed by atoms with E-state index in [2.05, 4.69) is 5.16 Å². The fraction of sp³-hybridized carbons (Fsp3) is 0.200. The molecule has 0 saturated carbocycles. The summed E-state index contributed by atoms with van der Waals surface area (Å²) in [5, 5.41) is 15.6. The third kappa shape index (κ3) is 4.23. The van der Waals surface area contributed by atoms with E-state index in [1.165, 1.54) is 6.92 Å². The third-order valence-electron chi connectivity index (χ3n) is 4.39. The van der Waals surface area contributed by atoms with E-state index in [1.54, 1.807) is 36.4 Å². The van der Waals surface area contributed by atoms with Gasteiger partial charge in [0.15, 0.2) is 11.5 Å². The zero-order valence-electron chi connectivity index (χ0n) is 14.6. The third-order valence-corrected chi connectivity index (χ3v) is 4.73. The van der Waals surface area contributed by atoms with Gasteiger partial charge in [0.05, 0.1) is 4.92 Å². The van der Waals surface area contributed by atoms with Crippen LogP contribution in [0.15, 0.2) is 59.1 Å². The average Bonchev–Trinajstić information content (AvgIpc) is 3.02. The maximum atomic E-state index is 12.7. The van der Waals surface area contributed by atoms with Crippen molar-refractivity contribution < 1.29 is 14.2 Å². The van der Waals surface area contributed by atoms with Crippen molar-refractivity contribution in [3.63, 3.8) is 0 Å². The van der Waals surface area contributed by atoms with Gasteiger partial charge in [0.2, 0.25) is 5.76 Å². The summed E-state index contributed by atoms with van der Waals surface area (Å²) in [5.41, 5.74) is 1.38. The van der Waals surface area contributed by atoms with E-state index in [1.807, 2.05) is 18.2 Å². The van der Waals surface area contributed by atoms with Crippen LogP contribution in [0.5, 0.6) is 0 Å². The molecule has 0 radical (unpaired) electrons. The highest BCUT2D eigenvalue weighted by Gasteiger charge is 2.29. The molecule has 1 atom stereocenters. The molecule has 0 N–H and O–H groups in total. The SMILES string of the molecule is Cc1noc(C[C@@H](CC(=O)c2ccccc2)c2ccccc2Cl)c1[N+](=O)[O-]. The van der Waals surface area contributed by atoms with Crippen LogP contribution >= 0.6 is 11.6 Å². The number of aromatic nitrogens is 1. The van der Waals surface area contributed by atoms with Gasteiger partial charge in [-0.3, -0.25) is 14.9 Å². The van der Waals surface area contributed by atoms with Crippen LogP contribution in [0.3, 0.4) is 0 Å². The van der Waals surface area contributed by atoms with E-state index in [9.17, 15) is 14.9 Å². The van der Waals surface area contributed by atoms with Crippen molar-refractivity contribution >= 4 is 23.1 Å². The molecule has 0 amide bonds. The van der Waals surface area contributed by atoms with Crippen LogP contribution in [0.4, 0.5) is 5.69 Å². The Morgan fingerprint density at radius 3 is 2.52 bits per heavy atom. The molecule has 0 bridgehead atoms. The number of benzene rings is 2. The summed E-state index contributed by atoms with van der Waals surface area (Å²) in [6.07, 6.45) is 0.296. The summed E-state index contributed by atoms with van der Waals surface area (Å²) < 4.78 is 5.19. The van der Waals surface area contributed by atoms with Crippen molar-refractivity contribution in [2.45, 2.75) is 25.7 Å². The minimum Gasteiger partial charge on any atom is -0.354 e. The van der Waals surface area contributed by atoms with Crippen LogP contribution in [0.2, 0.25) is 5.02 Å². The lowest BCUT2D eigenvalue weighted by Gasteiger charge is -2.16. The summed E-state index contributed by atoms with van der Waals surface area (Å²) in [6, 6.07) is 16.1. The summed E-state index contributed by atoms with van der Waals surface area (Å²) >= 11 is 6.33. The van der Waals surface area contributed by atoms with Gasteiger partial charge >= 0.3 is 5.69 Å². The number of carbonyl (C=O) groups excluding carboxylic acids is 1. The second kappa shape index (κ2) is 8.14. The number of ketones is 1. The molecule has 27 heavy (non-hydrogen) atoms. The van der Waals surface area contributed by atoms with Gasteiger partial charge in [-0.25, -0.2) is 0 Å². The molecule has 138 valence electrons. The van der Waals surface area contributed by atoms with Crippen molar-refractivity contribution in [1.29, 1.82) is 0 Å². The number of rotatable bonds is 7. The topological polar surface area (TPSA) is 86.2 Å². The van der Waals surface area contributed by atoms with Crippen LogP contribution in [-0.2, 0) is 6.42 Å². The van der Waals surface area contributed by atoms with Crippen LogP contribution < -0.4 is 0 Å². The fourth-order valence-corrected chi connectivity index (χ4v) is 3.36. The monoisotopic (exact) mass is 384 g/mol. The minimum absolute atomic E-state index is 0.0700. The molecule has 0 aliphatic rings. The molecule has 0 unspecified atom stereocenters. The van der Waals surface area contributed by atoms with E-state index in [-0.39, 0.29) is 41.7 Å². The van der Waals surface area contributed by atoms with Crippen LogP contribution in [0.25, 0.3) is 0 Å². The van der Waals surface area contributed by atoms with Crippen LogP contribution in [0.1, 0.15) is 39.7 Å². The van der Waals surface area contributed by atoms with Gasteiger partial charge in [-0.15, -0.1) is 0 Å². The van der Waals surface area contributed by atoms with Crippen LogP contribution in [-0.4, -0.2) is 15.9 Å². The molecule has 0 aliphatic carbocycles. The van der Waals surface area contributed by atoms with E-state index in [4.69, 9.17) is 16.1 Å². The Labute approximate surface area is 160 Å². The Balaban J connectivity index is 1.95. The lowest BCUT2D eigenvalue weighted by Crippen LogP contribution is -2.11. The van der Waals surface area contributed by atoms with Gasteiger partial charge in [0, 0.05) is 23.4 Å². The Morgan fingerprint density at radius 2 is 1.85 bits per heavy atom. The highest BCUT2D eigenvalue weighted by Crippen LogP contribution is 2.34. The first kappa shape index (κ1) is 18.8. The van der Waals surface area contributed by atoms with Crippen molar-refractivity contribution in [2.24, 2.45) is 0 Å². The predicted molar refractivity (Wildman–Crippen MR) is 101 cm³/mol.